The first kappa shape index (κ1) is 14.0. The molecule has 0 saturated carbocycles. The third-order valence-electron chi connectivity index (χ3n) is 3.79. The first-order valence-electron chi connectivity index (χ1n) is 7.29. The van der Waals surface area contributed by atoms with Gasteiger partial charge in [-0.1, -0.05) is 27.2 Å². The molecule has 0 amide bonds. The van der Waals surface area contributed by atoms with Gasteiger partial charge in [-0.2, -0.15) is 0 Å². The van der Waals surface area contributed by atoms with Crippen molar-refractivity contribution >= 4 is 0 Å². The molecule has 1 N–H and O–H groups in total. The van der Waals surface area contributed by atoms with Crippen molar-refractivity contribution in [2.24, 2.45) is 0 Å². The molecule has 0 bridgehead atoms. The van der Waals surface area contributed by atoms with Crippen molar-refractivity contribution in [1.82, 2.24) is 10.2 Å². The summed E-state index contributed by atoms with van der Waals surface area (Å²) in [5.41, 5.74) is 0. The molecule has 2 atom stereocenters. The van der Waals surface area contributed by atoms with Crippen LogP contribution >= 0.6 is 0 Å². The predicted molar refractivity (Wildman–Crippen MR) is 71.9 cm³/mol. The SMILES string of the molecule is CCCNCC(CCC)N1CCCC1CC. The number of hydrogen-bond donors (Lipinski definition) is 1. The lowest BCUT2D eigenvalue weighted by Gasteiger charge is -2.33. The highest BCUT2D eigenvalue weighted by Crippen LogP contribution is 2.24. The maximum atomic E-state index is 3.60. The number of rotatable bonds is 8. The molecule has 0 aromatic rings. The minimum absolute atomic E-state index is 0.781. The minimum Gasteiger partial charge on any atom is -0.315 e. The molecule has 2 unspecified atom stereocenters. The second kappa shape index (κ2) is 8.08. The van der Waals surface area contributed by atoms with Gasteiger partial charge in [0.2, 0.25) is 0 Å². The Morgan fingerprint density at radius 3 is 2.69 bits per heavy atom. The van der Waals surface area contributed by atoms with Crippen molar-refractivity contribution in [3.63, 3.8) is 0 Å². The second-order valence-electron chi connectivity index (χ2n) is 5.09. The van der Waals surface area contributed by atoms with E-state index in [1.807, 2.05) is 0 Å². The van der Waals surface area contributed by atoms with Gasteiger partial charge in [-0.15, -0.1) is 0 Å². The highest BCUT2D eigenvalue weighted by atomic mass is 15.2. The van der Waals surface area contributed by atoms with Crippen molar-refractivity contribution in [1.29, 1.82) is 0 Å². The zero-order valence-electron chi connectivity index (χ0n) is 11.5. The Hall–Kier alpha value is -0.0800. The Bertz CT molecular complexity index is 170. The van der Waals surface area contributed by atoms with E-state index in [4.69, 9.17) is 0 Å². The first-order valence-corrected chi connectivity index (χ1v) is 7.29. The average Bonchev–Trinajstić information content (AvgIpc) is 2.76. The summed E-state index contributed by atoms with van der Waals surface area (Å²) in [5.74, 6) is 0. The smallest absolute Gasteiger partial charge is 0.0223 e. The zero-order chi connectivity index (χ0) is 11.8. The van der Waals surface area contributed by atoms with Gasteiger partial charge < -0.3 is 5.32 Å². The monoisotopic (exact) mass is 226 g/mol. The lowest BCUT2D eigenvalue weighted by atomic mass is 10.1. The molecule has 2 heteroatoms. The molecule has 0 aliphatic carbocycles. The summed E-state index contributed by atoms with van der Waals surface area (Å²) in [6.45, 7) is 10.6. The molecule has 1 aliphatic rings. The molecule has 1 aliphatic heterocycles. The van der Waals surface area contributed by atoms with Gasteiger partial charge in [0.15, 0.2) is 0 Å². The number of likely N-dealkylation sites (tertiary alicyclic amines) is 1. The second-order valence-corrected chi connectivity index (χ2v) is 5.09. The Balaban J connectivity index is 2.40. The Morgan fingerprint density at radius 1 is 1.25 bits per heavy atom. The fourth-order valence-electron chi connectivity index (χ4n) is 2.94. The molecule has 16 heavy (non-hydrogen) atoms. The van der Waals surface area contributed by atoms with Gasteiger partial charge in [-0.05, 0) is 45.2 Å². The summed E-state index contributed by atoms with van der Waals surface area (Å²) in [4.78, 5) is 2.77. The van der Waals surface area contributed by atoms with Crippen LogP contribution in [-0.4, -0.2) is 36.6 Å². The van der Waals surface area contributed by atoms with Gasteiger partial charge in [0.25, 0.3) is 0 Å². The summed E-state index contributed by atoms with van der Waals surface area (Å²) >= 11 is 0. The molecule has 0 spiro atoms. The standard InChI is InChI=1S/C14H30N2/c1-4-8-14(12-15-10-5-2)16-11-7-9-13(16)6-3/h13-15H,4-12H2,1-3H3. The summed E-state index contributed by atoms with van der Waals surface area (Å²) in [7, 11) is 0. The molecule has 0 aromatic heterocycles. The van der Waals surface area contributed by atoms with E-state index in [1.165, 1.54) is 58.2 Å². The zero-order valence-corrected chi connectivity index (χ0v) is 11.5. The van der Waals surface area contributed by atoms with Crippen LogP contribution < -0.4 is 5.32 Å². The van der Waals surface area contributed by atoms with Crippen LogP contribution in [0.3, 0.4) is 0 Å². The van der Waals surface area contributed by atoms with Gasteiger partial charge in [0, 0.05) is 18.6 Å². The van der Waals surface area contributed by atoms with Gasteiger partial charge in [0.05, 0.1) is 0 Å². The molecule has 1 saturated heterocycles. The van der Waals surface area contributed by atoms with Crippen molar-refractivity contribution < 1.29 is 0 Å². The van der Waals surface area contributed by atoms with Crippen molar-refractivity contribution in [3.05, 3.63) is 0 Å². The van der Waals surface area contributed by atoms with E-state index >= 15 is 0 Å². The molecular weight excluding hydrogens is 196 g/mol. The Labute approximate surface area is 102 Å². The van der Waals surface area contributed by atoms with E-state index in [2.05, 4.69) is 31.0 Å². The van der Waals surface area contributed by atoms with E-state index in [0.29, 0.717) is 0 Å². The normalized spacial score (nSPS) is 23.8. The maximum absolute atomic E-state index is 3.60. The molecule has 0 aromatic carbocycles. The lowest BCUT2D eigenvalue weighted by molar-refractivity contribution is 0.162. The maximum Gasteiger partial charge on any atom is 0.0223 e. The van der Waals surface area contributed by atoms with Crippen LogP contribution in [-0.2, 0) is 0 Å². The van der Waals surface area contributed by atoms with Crippen LogP contribution in [0.1, 0.15) is 59.3 Å². The molecule has 1 fully saturated rings. The highest BCUT2D eigenvalue weighted by molar-refractivity contribution is 4.85. The van der Waals surface area contributed by atoms with Crippen LogP contribution in [0.2, 0.25) is 0 Å². The fourth-order valence-corrected chi connectivity index (χ4v) is 2.94. The third-order valence-corrected chi connectivity index (χ3v) is 3.79. The van der Waals surface area contributed by atoms with E-state index in [-0.39, 0.29) is 0 Å². The molecule has 96 valence electrons. The first-order chi connectivity index (χ1) is 7.83. The third kappa shape index (κ3) is 4.06. The van der Waals surface area contributed by atoms with Crippen LogP contribution in [0.4, 0.5) is 0 Å². The fraction of sp³-hybridized carbons (Fsp3) is 1.00. The lowest BCUT2D eigenvalue weighted by Crippen LogP contribution is -2.44. The summed E-state index contributed by atoms with van der Waals surface area (Å²) in [5, 5.41) is 3.60. The Kier molecular flexibility index (Phi) is 7.06. The van der Waals surface area contributed by atoms with Crippen molar-refractivity contribution in [3.8, 4) is 0 Å². The molecule has 2 nitrogen and oxygen atoms in total. The average molecular weight is 226 g/mol. The van der Waals surface area contributed by atoms with Crippen molar-refractivity contribution in [2.45, 2.75) is 71.4 Å². The Morgan fingerprint density at radius 2 is 2.06 bits per heavy atom. The quantitative estimate of drug-likeness (QED) is 0.640. The molecule has 1 rings (SSSR count). The molecule has 1 heterocycles. The van der Waals surface area contributed by atoms with Gasteiger partial charge in [-0.3, -0.25) is 4.90 Å². The number of nitrogens with one attached hydrogen (secondary N) is 1. The van der Waals surface area contributed by atoms with Gasteiger partial charge in [0.1, 0.15) is 0 Å². The summed E-state index contributed by atoms with van der Waals surface area (Å²) in [6, 6.07) is 1.64. The molecule has 0 radical (unpaired) electrons. The van der Waals surface area contributed by atoms with Gasteiger partial charge >= 0.3 is 0 Å². The number of nitrogens with zero attached hydrogens (tertiary/aromatic N) is 1. The summed E-state index contributed by atoms with van der Waals surface area (Å²) < 4.78 is 0. The highest BCUT2D eigenvalue weighted by Gasteiger charge is 2.28. The van der Waals surface area contributed by atoms with E-state index in [0.717, 1.165) is 12.1 Å². The number of hydrogen-bond acceptors (Lipinski definition) is 2. The van der Waals surface area contributed by atoms with Gasteiger partial charge in [-0.25, -0.2) is 0 Å². The topological polar surface area (TPSA) is 15.3 Å². The van der Waals surface area contributed by atoms with E-state index in [1.54, 1.807) is 0 Å². The largest absolute Gasteiger partial charge is 0.315 e. The molecular formula is C14H30N2. The van der Waals surface area contributed by atoms with Crippen LogP contribution in [0, 0.1) is 0 Å². The van der Waals surface area contributed by atoms with E-state index in [9.17, 15) is 0 Å². The van der Waals surface area contributed by atoms with E-state index < -0.39 is 0 Å². The van der Waals surface area contributed by atoms with Crippen LogP contribution in [0.25, 0.3) is 0 Å². The van der Waals surface area contributed by atoms with Crippen molar-refractivity contribution in [2.75, 3.05) is 19.6 Å². The van der Waals surface area contributed by atoms with Crippen LogP contribution in [0.15, 0.2) is 0 Å². The minimum atomic E-state index is 0.781. The summed E-state index contributed by atoms with van der Waals surface area (Å²) in [6.07, 6.45) is 8.07. The predicted octanol–water partition coefficient (Wildman–Crippen LogP) is 3.03. The van der Waals surface area contributed by atoms with Crippen LogP contribution in [0.5, 0.6) is 0 Å².